The molecule has 1 aromatic heterocycles. The molecule has 0 radical (unpaired) electrons. The molecule has 0 saturated carbocycles. The van der Waals surface area contributed by atoms with Gasteiger partial charge in [-0.3, -0.25) is 4.79 Å². The molecule has 44 heavy (non-hydrogen) atoms. The lowest BCUT2D eigenvalue weighted by Gasteiger charge is -2.29. The number of hydrogen-bond donors (Lipinski definition) is 1. The van der Waals surface area contributed by atoms with Crippen LogP contribution in [0.5, 0.6) is 11.5 Å². The van der Waals surface area contributed by atoms with Gasteiger partial charge in [0.25, 0.3) is 0 Å². The van der Waals surface area contributed by atoms with Gasteiger partial charge in [-0.05, 0) is 73.6 Å². The summed E-state index contributed by atoms with van der Waals surface area (Å²) in [6.45, 7) is 6.62. The monoisotopic (exact) mass is 660 g/mol. The second kappa shape index (κ2) is 13.3. The molecule has 1 unspecified atom stereocenters. The molecule has 234 valence electrons. The van der Waals surface area contributed by atoms with Crippen LogP contribution in [0.3, 0.4) is 0 Å². The lowest BCUT2D eigenvalue weighted by Crippen LogP contribution is -2.37. The maximum atomic E-state index is 13.1. The summed E-state index contributed by atoms with van der Waals surface area (Å²) in [5.74, 6) is -0.201. The Hall–Kier alpha value is -3.38. The number of nitrogens with zero attached hydrogens (tertiary/aromatic N) is 4. The number of esters is 1. The summed E-state index contributed by atoms with van der Waals surface area (Å²) in [6, 6.07) is 12.5. The number of alkyl halides is 1. The average molecular weight is 662 g/mol. The molecule has 3 aromatic carbocycles. The van der Waals surface area contributed by atoms with E-state index in [1.807, 2.05) is 48.9 Å². The highest BCUT2D eigenvalue weighted by molar-refractivity contribution is 7.84. The summed E-state index contributed by atoms with van der Waals surface area (Å²) in [5, 5.41) is 18.9. The quantitative estimate of drug-likeness (QED) is 0.115. The third kappa shape index (κ3) is 6.66. The second-order valence-corrected chi connectivity index (χ2v) is 13.1. The number of ether oxygens (including phenoxy) is 1. The highest BCUT2D eigenvalue weighted by Crippen LogP contribution is 2.38. The van der Waals surface area contributed by atoms with Crippen molar-refractivity contribution in [2.24, 2.45) is 0 Å². The summed E-state index contributed by atoms with van der Waals surface area (Å²) in [7, 11) is -4.14. The predicted octanol–water partition coefficient (Wildman–Crippen LogP) is 6.15. The molecule has 0 fully saturated rings. The second-order valence-electron chi connectivity index (χ2n) is 10.8. The van der Waals surface area contributed by atoms with Crippen molar-refractivity contribution < 1.29 is 27.2 Å². The van der Waals surface area contributed by atoms with Crippen LogP contribution in [0.1, 0.15) is 65.5 Å². The van der Waals surface area contributed by atoms with Crippen molar-refractivity contribution in [3.63, 3.8) is 0 Å². The highest BCUT2D eigenvalue weighted by Gasteiger charge is 2.33. The van der Waals surface area contributed by atoms with Gasteiger partial charge in [-0.15, -0.1) is 16.7 Å². The number of benzene rings is 3. The van der Waals surface area contributed by atoms with Crippen LogP contribution in [0.25, 0.3) is 11.0 Å². The van der Waals surface area contributed by atoms with Crippen molar-refractivity contribution in [3.8, 4) is 11.5 Å². The number of aryl methyl sites for hydroxylation is 3. The molecule has 0 saturated heterocycles. The average Bonchev–Trinajstić information content (AvgIpc) is 3.39. The number of hydrogen-bond acceptors (Lipinski definition) is 8. The molecule has 1 aliphatic rings. The summed E-state index contributed by atoms with van der Waals surface area (Å²) >= 11 is 11.8. The van der Waals surface area contributed by atoms with Crippen LogP contribution in [0.4, 0.5) is 0 Å². The Morgan fingerprint density at radius 2 is 1.95 bits per heavy atom. The number of aromatic hydroxyl groups is 1. The fourth-order valence-corrected chi connectivity index (χ4v) is 6.93. The molecule has 0 bridgehead atoms. The molecule has 13 heteroatoms. The van der Waals surface area contributed by atoms with E-state index in [2.05, 4.69) is 10.3 Å². The fourth-order valence-electron chi connectivity index (χ4n) is 5.50. The van der Waals surface area contributed by atoms with E-state index in [9.17, 15) is 18.3 Å². The third-order valence-electron chi connectivity index (χ3n) is 7.90. The first-order valence-corrected chi connectivity index (χ1v) is 16.6. The van der Waals surface area contributed by atoms with Crippen LogP contribution >= 0.6 is 23.2 Å². The normalized spacial score (nSPS) is 15.1. The van der Waals surface area contributed by atoms with Gasteiger partial charge in [-0.1, -0.05) is 41.1 Å². The van der Waals surface area contributed by atoms with E-state index in [0.29, 0.717) is 18.0 Å². The lowest BCUT2D eigenvalue weighted by atomic mass is 9.84. The first-order valence-electron chi connectivity index (χ1n) is 14.4. The van der Waals surface area contributed by atoms with Gasteiger partial charge in [0.2, 0.25) is 0 Å². The van der Waals surface area contributed by atoms with E-state index in [1.165, 1.54) is 16.4 Å². The maximum absolute atomic E-state index is 13.1. The Balaban J connectivity index is 1.50. The van der Waals surface area contributed by atoms with Crippen molar-refractivity contribution in [1.82, 2.24) is 19.3 Å². The number of fused-ring (bicyclic) bond motifs is 2. The van der Waals surface area contributed by atoms with Gasteiger partial charge >= 0.3 is 16.3 Å². The molecule has 10 nitrogen and oxygen atoms in total. The topological polar surface area (TPSA) is 124 Å². The summed E-state index contributed by atoms with van der Waals surface area (Å²) in [5.41, 5.74) is 6.42. The zero-order valence-electron chi connectivity index (χ0n) is 24.7. The van der Waals surface area contributed by atoms with Gasteiger partial charge in [0.15, 0.2) is 0 Å². The van der Waals surface area contributed by atoms with Crippen LogP contribution in [0.15, 0.2) is 42.5 Å². The molecular weight excluding hydrogens is 627 g/mol. The molecule has 1 aliphatic heterocycles. The Kier molecular flexibility index (Phi) is 9.69. The van der Waals surface area contributed by atoms with E-state index in [1.54, 1.807) is 6.92 Å². The smallest absolute Gasteiger partial charge is 0.385 e. The van der Waals surface area contributed by atoms with Crippen LogP contribution in [-0.4, -0.2) is 51.3 Å². The first-order chi connectivity index (χ1) is 21.0. The number of halogens is 2. The number of phenols is 1. The van der Waals surface area contributed by atoms with Crippen molar-refractivity contribution in [2.75, 3.05) is 12.5 Å². The number of unbranched alkanes of at least 4 members (excludes halogenated alkanes) is 1. The molecule has 1 N–H and O–H groups in total. The van der Waals surface area contributed by atoms with Gasteiger partial charge in [0.1, 0.15) is 17.0 Å². The minimum atomic E-state index is -4.14. The van der Waals surface area contributed by atoms with Gasteiger partial charge in [-0.2, -0.15) is 12.7 Å². The Labute approximate surface area is 266 Å². The Bertz CT molecular complexity index is 1810. The highest BCUT2D eigenvalue weighted by atomic mass is 35.5. The predicted molar refractivity (Wildman–Crippen MR) is 168 cm³/mol. The molecule has 4 aromatic rings. The number of phenolic OH excluding ortho intramolecular Hbond substituents is 1. The third-order valence-corrected chi connectivity index (χ3v) is 9.75. The van der Waals surface area contributed by atoms with E-state index < -0.39 is 10.3 Å². The van der Waals surface area contributed by atoms with Gasteiger partial charge in [0, 0.05) is 43.1 Å². The number of carbonyl (C=O) groups excluding carboxylic acids is 1. The largest absolute Gasteiger partial charge is 0.506 e. The van der Waals surface area contributed by atoms with E-state index in [4.69, 9.17) is 32.1 Å². The van der Waals surface area contributed by atoms with Crippen LogP contribution in [0.2, 0.25) is 5.02 Å². The molecule has 0 spiro atoms. The molecule has 2 heterocycles. The first kappa shape index (κ1) is 32.0. The Morgan fingerprint density at radius 1 is 1.16 bits per heavy atom. The van der Waals surface area contributed by atoms with Crippen LogP contribution < -0.4 is 4.18 Å². The standard InChI is InChI=1S/C31H34Cl2N4O6S/c1-4-42-30(39)15-25(24-9-10-27-31(20(24)3)34-35-37(27)12-6-5-11-32)21-8-7-19(2)22(13-21)17-36-18-23-14-28(38)26(33)16-29(23)43-44(36,40)41/h7-10,13-14,16,25,38H,4-6,11-12,15,17-18H2,1-3H3. The number of carbonyl (C=O) groups is 1. The molecule has 1 atom stereocenters. The Morgan fingerprint density at radius 3 is 2.70 bits per heavy atom. The van der Waals surface area contributed by atoms with Gasteiger partial charge in [-0.25, -0.2) is 4.68 Å². The summed E-state index contributed by atoms with van der Waals surface area (Å²) in [4.78, 5) is 12.8. The van der Waals surface area contributed by atoms with E-state index in [-0.39, 0.29) is 54.5 Å². The van der Waals surface area contributed by atoms with Gasteiger partial charge in [0.05, 0.1) is 23.6 Å². The maximum Gasteiger partial charge on any atom is 0.385 e. The van der Waals surface area contributed by atoms with Crippen molar-refractivity contribution in [2.45, 2.75) is 65.6 Å². The molecule has 0 amide bonds. The van der Waals surface area contributed by atoms with Crippen LogP contribution in [-0.2, 0) is 39.5 Å². The number of aromatic nitrogens is 3. The minimum absolute atomic E-state index is 0.00531. The van der Waals surface area contributed by atoms with E-state index >= 15 is 0 Å². The molecule has 5 rings (SSSR count). The van der Waals surface area contributed by atoms with Gasteiger partial charge < -0.3 is 14.0 Å². The minimum Gasteiger partial charge on any atom is -0.506 e. The molecule has 0 aliphatic carbocycles. The van der Waals surface area contributed by atoms with E-state index in [0.717, 1.165) is 51.7 Å². The zero-order chi connectivity index (χ0) is 31.6. The number of rotatable bonds is 11. The SMILES string of the molecule is CCOC(=O)CC(c1ccc(C)c(CN2Cc3cc(O)c(Cl)cc3OS2(=O)=O)c1)c1ccc2c(nnn2CCCCCl)c1C. The molecular formula is C31H34Cl2N4O6S. The van der Waals surface area contributed by atoms with Crippen molar-refractivity contribution in [3.05, 3.63) is 80.9 Å². The summed E-state index contributed by atoms with van der Waals surface area (Å²) in [6.07, 6.45) is 1.86. The lowest BCUT2D eigenvalue weighted by molar-refractivity contribution is -0.143. The summed E-state index contributed by atoms with van der Waals surface area (Å²) < 4.78 is 39.9. The van der Waals surface area contributed by atoms with Crippen molar-refractivity contribution >= 4 is 50.5 Å². The zero-order valence-corrected chi connectivity index (χ0v) is 27.0. The fraction of sp³-hybridized carbons (Fsp3) is 0.387. The van der Waals surface area contributed by atoms with Crippen molar-refractivity contribution in [1.29, 1.82) is 0 Å². The van der Waals surface area contributed by atoms with Crippen LogP contribution in [0, 0.1) is 13.8 Å².